The zero-order valence-electron chi connectivity index (χ0n) is 11.1. The van der Waals surface area contributed by atoms with Crippen LogP contribution in [0.3, 0.4) is 0 Å². The fraction of sp³-hybridized carbons (Fsp3) is 0.800. The summed E-state index contributed by atoms with van der Waals surface area (Å²) >= 11 is 9.08. The summed E-state index contributed by atoms with van der Waals surface area (Å²) in [6.07, 6.45) is 3.81. The number of hydrogen-bond acceptors (Lipinski definition) is 2. The van der Waals surface area contributed by atoms with Crippen molar-refractivity contribution in [3.8, 4) is 0 Å². The zero-order chi connectivity index (χ0) is 17.4. The standard InChI is InChI=1S/C6H12N2.C2H2Cl2O2.C2H4O2.2ClH.Pt/c7-5-1-2-6(8)4-3-5;3-1(4)2(5)6;1-2(3)4;;;/h5-8H,1-4H2;1H,(H,5,6);1H3,(H,3,4);2*1H;/q-2;;;;;+4/p-2. The summed E-state index contributed by atoms with van der Waals surface area (Å²) in [5.74, 6) is -2.04. The molecule has 0 spiro atoms. The molecule has 0 saturated heterocycles. The van der Waals surface area contributed by atoms with E-state index in [1.807, 2.05) is 0 Å². The number of rotatable bonds is 1. The molecular formula is C10H18Cl4N2O4Pt. The monoisotopic (exact) mass is 565 g/mol. The molecule has 0 bridgehead atoms. The topological polar surface area (TPSA) is 122 Å². The first kappa shape index (κ1) is 26.6. The van der Waals surface area contributed by atoms with Crippen LogP contribution in [0.1, 0.15) is 32.6 Å². The molecule has 0 atom stereocenters. The van der Waals surface area contributed by atoms with E-state index in [1.54, 1.807) is 0 Å². The quantitative estimate of drug-likeness (QED) is 0.445. The van der Waals surface area contributed by atoms with Gasteiger partial charge in [-0.2, -0.15) is 0 Å². The van der Waals surface area contributed by atoms with Crippen LogP contribution in [0.5, 0.6) is 0 Å². The molecule has 1 fully saturated rings. The Balaban J connectivity index is -0.000000223. The SMILES string of the molecule is CC(=O)O.O=C(O)C(Cl)Cl.[Cl][Pt+2][Cl].[NH-]C1CCC([NH-])CC1. The molecule has 0 aromatic carbocycles. The number of carbonyl (C=O) groups is 2. The molecule has 1 aliphatic rings. The van der Waals surface area contributed by atoms with Gasteiger partial charge in [-0.1, -0.05) is 48.9 Å². The van der Waals surface area contributed by atoms with E-state index in [1.165, 1.54) is 0 Å². The van der Waals surface area contributed by atoms with Crippen LogP contribution in [0.15, 0.2) is 0 Å². The van der Waals surface area contributed by atoms with Crippen LogP contribution >= 0.6 is 42.0 Å². The van der Waals surface area contributed by atoms with E-state index in [0.29, 0.717) is 0 Å². The van der Waals surface area contributed by atoms with Gasteiger partial charge < -0.3 is 21.7 Å². The van der Waals surface area contributed by atoms with Crippen molar-refractivity contribution in [1.82, 2.24) is 0 Å². The Kier molecular flexibility index (Phi) is 23.8. The van der Waals surface area contributed by atoms with Crippen molar-refractivity contribution in [3.63, 3.8) is 0 Å². The van der Waals surface area contributed by atoms with Gasteiger partial charge in [0.2, 0.25) is 4.84 Å². The summed E-state index contributed by atoms with van der Waals surface area (Å²) in [5.41, 5.74) is 14.6. The van der Waals surface area contributed by atoms with Gasteiger partial charge in [0, 0.05) is 6.92 Å². The van der Waals surface area contributed by atoms with E-state index in [0.717, 1.165) is 32.6 Å². The predicted molar refractivity (Wildman–Crippen MR) is 82.8 cm³/mol. The second kappa shape index (κ2) is 18.8. The Bertz CT molecular complexity index is 253. The number of carboxylic acid groups (broad SMARTS) is 2. The van der Waals surface area contributed by atoms with E-state index in [-0.39, 0.29) is 12.1 Å². The second-order valence-electron chi connectivity index (χ2n) is 3.75. The summed E-state index contributed by atoms with van der Waals surface area (Å²) in [6.45, 7) is 1.08. The summed E-state index contributed by atoms with van der Waals surface area (Å²) in [7, 11) is 9.75. The van der Waals surface area contributed by atoms with Crippen LogP contribution in [0.25, 0.3) is 11.5 Å². The largest absolute Gasteiger partial charge is 0.675 e. The number of halogens is 4. The Morgan fingerprint density at radius 1 is 1.05 bits per heavy atom. The minimum atomic E-state index is -1.29. The van der Waals surface area contributed by atoms with E-state index >= 15 is 0 Å². The normalized spacial score (nSPS) is 20.0. The van der Waals surface area contributed by atoms with E-state index in [9.17, 15) is 4.79 Å². The van der Waals surface area contributed by atoms with Crippen LogP contribution in [-0.2, 0) is 26.1 Å². The number of alkyl halides is 2. The maximum absolute atomic E-state index is 9.44. The number of aliphatic carboxylic acids is 2. The molecule has 1 aliphatic carbocycles. The average Bonchev–Trinajstić information content (AvgIpc) is 2.34. The molecule has 1 saturated carbocycles. The van der Waals surface area contributed by atoms with Gasteiger partial charge in [0.1, 0.15) is 0 Å². The molecule has 130 valence electrons. The fourth-order valence-corrected chi connectivity index (χ4v) is 1.09. The van der Waals surface area contributed by atoms with Gasteiger partial charge in [-0.3, -0.25) is 4.79 Å². The Hall–Kier alpha value is 0.708. The van der Waals surface area contributed by atoms with Crippen LogP contribution < -0.4 is 0 Å². The summed E-state index contributed by atoms with van der Waals surface area (Å²) in [6, 6.07) is 0.299. The van der Waals surface area contributed by atoms with Crippen LogP contribution in [-0.4, -0.2) is 39.1 Å². The van der Waals surface area contributed by atoms with Crippen molar-refractivity contribution in [3.05, 3.63) is 11.5 Å². The molecule has 0 aromatic heterocycles. The minimum absolute atomic E-state index is 0.150. The predicted octanol–water partition coefficient (Wildman–Crippen LogP) is 4.74. The van der Waals surface area contributed by atoms with Gasteiger partial charge in [0.05, 0.1) is 0 Å². The van der Waals surface area contributed by atoms with Gasteiger partial charge in [-0.25, -0.2) is 4.79 Å². The van der Waals surface area contributed by atoms with Crippen molar-refractivity contribution in [1.29, 1.82) is 0 Å². The van der Waals surface area contributed by atoms with Crippen LogP contribution in [0.2, 0.25) is 0 Å². The molecule has 6 nitrogen and oxygen atoms in total. The molecule has 0 aliphatic heterocycles. The molecule has 4 N–H and O–H groups in total. The molecule has 0 radical (unpaired) electrons. The van der Waals surface area contributed by atoms with E-state index in [4.69, 9.17) is 68.5 Å². The van der Waals surface area contributed by atoms with Gasteiger partial charge >= 0.3 is 41.3 Å². The Morgan fingerprint density at radius 2 is 1.19 bits per heavy atom. The molecular weight excluding hydrogens is 549 g/mol. The van der Waals surface area contributed by atoms with Gasteiger partial charge in [-0.05, 0) is 0 Å². The van der Waals surface area contributed by atoms with Crippen molar-refractivity contribution in [2.24, 2.45) is 0 Å². The van der Waals surface area contributed by atoms with Crippen LogP contribution in [0, 0.1) is 0 Å². The molecule has 21 heavy (non-hydrogen) atoms. The Morgan fingerprint density at radius 3 is 1.29 bits per heavy atom. The van der Waals surface area contributed by atoms with E-state index in [2.05, 4.69) is 0 Å². The van der Waals surface area contributed by atoms with Gasteiger partial charge in [0.25, 0.3) is 5.97 Å². The third-order valence-electron chi connectivity index (χ3n) is 1.91. The number of hydrogen-bond donors (Lipinski definition) is 2. The van der Waals surface area contributed by atoms with Crippen molar-refractivity contribution < 1.29 is 36.3 Å². The molecule has 0 unspecified atom stereocenters. The molecule has 0 aromatic rings. The smallest absolute Gasteiger partial charge is 0.0710 e. The number of carboxylic acids is 2. The maximum atomic E-state index is 9.44. The van der Waals surface area contributed by atoms with Crippen LogP contribution in [0.4, 0.5) is 0 Å². The second-order valence-corrected chi connectivity index (χ2v) is 8.13. The van der Waals surface area contributed by atoms with Crippen molar-refractivity contribution in [2.45, 2.75) is 49.5 Å². The fourth-order valence-electron chi connectivity index (χ4n) is 1.09. The minimum Gasteiger partial charge on any atom is -0.675 e. The van der Waals surface area contributed by atoms with E-state index < -0.39 is 33.3 Å². The van der Waals surface area contributed by atoms with Gasteiger partial charge in [-0.15, -0.1) is 12.1 Å². The molecule has 1 rings (SSSR count). The van der Waals surface area contributed by atoms with Crippen molar-refractivity contribution in [2.75, 3.05) is 0 Å². The first-order valence-electron chi connectivity index (χ1n) is 5.53. The molecule has 0 amide bonds. The third kappa shape index (κ3) is 33.5. The molecule has 0 heterocycles. The zero-order valence-corrected chi connectivity index (χ0v) is 16.4. The first-order chi connectivity index (χ1) is 9.58. The third-order valence-corrected chi connectivity index (χ3v) is 2.29. The first-order valence-corrected chi connectivity index (χ1v) is 12.0. The summed E-state index contributed by atoms with van der Waals surface area (Å²) in [5, 5.41) is 15.1. The maximum Gasteiger partial charge on any atom is -0.0710 e. The van der Waals surface area contributed by atoms with Gasteiger partial charge in [0.15, 0.2) is 0 Å². The average molecular weight is 567 g/mol. The molecule has 11 heteroatoms. The summed E-state index contributed by atoms with van der Waals surface area (Å²) < 4.78 is 0. The van der Waals surface area contributed by atoms with Crippen molar-refractivity contribution >= 4 is 54.0 Å². The number of nitrogens with one attached hydrogen (secondary N) is 2. The Labute approximate surface area is 150 Å². The summed E-state index contributed by atoms with van der Waals surface area (Å²) in [4.78, 5) is 17.1.